The Kier molecular flexibility index (Phi) is 4.73. The molecular weight excluding hydrogens is 279 g/mol. The van der Waals surface area contributed by atoms with Gasteiger partial charge in [-0.2, -0.15) is 18.4 Å². The van der Waals surface area contributed by atoms with Gasteiger partial charge in [0.05, 0.1) is 17.2 Å². The van der Waals surface area contributed by atoms with Crippen LogP contribution in [0, 0.1) is 11.3 Å². The molecule has 1 N–H and O–H groups in total. The summed E-state index contributed by atoms with van der Waals surface area (Å²) >= 11 is 0. The molecule has 0 atom stereocenters. The van der Waals surface area contributed by atoms with Crippen molar-refractivity contribution in [1.29, 1.82) is 5.26 Å². The number of anilines is 1. The van der Waals surface area contributed by atoms with Gasteiger partial charge in [-0.1, -0.05) is 6.92 Å². The zero-order valence-corrected chi connectivity index (χ0v) is 11.9. The number of hydrogen-bond acceptors (Lipinski definition) is 3. The van der Waals surface area contributed by atoms with Crippen molar-refractivity contribution < 1.29 is 13.2 Å². The van der Waals surface area contributed by atoms with Crippen LogP contribution >= 0.6 is 0 Å². The second kappa shape index (κ2) is 6.35. The van der Waals surface area contributed by atoms with Gasteiger partial charge in [0.25, 0.3) is 0 Å². The van der Waals surface area contributed by atoms with E-state index in [-0.39, 0.29) is 11.6 Å². The lowest BCUT2D eigenvalue weighted by Crippen LogP contribution is -2.38. The number of nitriles is 1. The van der Waals surface area contributed by atoms with E-state index in [0.29, 0.717) is 5.69 Å². The van der Waals surface area contributed by atoms with Gasteiger partial charge in [-0.3, -0.25) is 0 Å². The van der Waals surface area contributed by atoms with Crippen LogP contribution in [0.5, 0.6) is 0 Å². The minimum atomic E-state index is -4.51. The predicted molar refractivity (Wildman–Crippen MR) is 74.9 cm³/mol. The number of rotatable bonds is 3. The van der Waals surface area contributed by atoms with E-state index >= 15 is 0 Å². The highest BCUT2D eigenvalue weighted by Gasteiger charge is 2.34. The van der Waals surface area contributed by atoms with Gasteiger partial charge in [0, 0.05) is 24.8 Å². The minimum absolute atomic E-state index is 0.182. The topological polar surface area (TPSA) is 39.1 Å². The van der Waals surface area contributed by atoms with Gasteiger partial charge < -0.3 is 10.2 Å². The van der Waals surface area contributed by atoms with Gasteiger partial charge in [0.15, 0.2) is 0 Å². The molecular formula is C15H18F3N3. The molecule has 1 aliphatic heterocycles. The minimum Gasteiger partial charge on any atom is -0.382 e. The molecule has 1 aromatic carbocycles. The van der Waals surface area contributed by atoms with Gasteiger partial charge in [-0.05, 0) is 37.6 Å². The summed E-state index contributed by atoms with van der Waals surface area (Å²) in [5.74, 6) is 0. The summed E-state index contributed by atoms with van der Waals surface area (Å²) in [7, 11) is 0. The highest BCUT2D eigenvalue weighted by atomic mass is 19.4. The number of nitrogens with one attached hydrogen (secondary N) is 1. The van der Waals surface area contributed by atoms with Crippen molar-refractivity contribution in [1.82, 2.24) is 4.90 Å². The molecule has 6 heteroatoms. The Bertz CT molecular complexity index is 526. The van der Waals surface area contributed by atoms with E-state index in [4.69, 9.17) is 5.26 Å². The zero-order valence-electron chi connectivity index (χ0n) is 11.9. The Labute approximate surface area is 122 Å². The standard InChI is InChI=1S/C15H18F3N3/c1-2-21-7-5-12(6-8-21)20-13-4-3-11(10-19)14(9-13)15(16,17)18/h3-4,9,12,20H,2,5-8H2,1H3. The molecule has 0 saturated carbocycles. The summed E-state index contributed by atoms with van der Waals surface area (Å²) in [5.41, 5.74) is -0.786. The molecule has 0 aromatic heterocycles. The van der Waals surface area contributed by atoms with Gasteiger partial charge in [-0.15, -0.1) is 0 Å². The smallest absolute Gasteiger partial charge is 0.382 e. The number of halogens is 3. The molecule has 21 heavy (non-hydrogen) atoms. The van der Waals surface area contributed by atoms with E-state index in [1.54, 1.807) is 12.1 Å². The number of nitrogens with zero attached hydrogens (tertiary/aromatic N) is 2. The Morgan fingerprint density at radius 1 is 1.33 bits per heavy atom. The van der Waals surface area contributed by atoms with Crippen molar-refractivity contribution in [3.8, 4) is 6.07 Å². The fourth-order valence-corrected chi connectivity index (χ4v) is 2.60. The quantitative estimate of drug-likeness (QED) is 0.928. The Morgan fingerprint density at radius 3 is 2.52 bits per heavy atom. The molecule has 1 heterocycles. The van der Waals surface area contributed by atoms with Crippen molar-refractivity contribution in [3.63, 3.8) is 0 Å². The van der Waals surface area contributed by atoms with E-state index < -0.39 is 11.7 Å². The van der Waals surface area contributed by atoms with Crippen LogP contribution in [0.3, 0.4) is 0 Å². The number of piperidine rings is 1. The SMILES string of the molecule is CCN1CCC(Nc2ccc(C#N)c(C(F)(F)F)c2)CC1. The fraction of sp³-hybridized carbons (Fsp3) is 0.533. The number of benzene rings is 1. The molecule has 0 amide bonds. The summed E-state index contributed by atoms with van der Waals surface area (Å²) in [6, 6.07) is 5.58. The monoisotopic (exact) mass is 297 g/mol. The maximum Gasteiger partial charge on any atom is 0.417 e. The number of likely N-dealkylation sites (tertiary alicyclic amines) is 1. The second-order valence-electron chi connectivity index (χ2n) is 5.22. The third kappa shape index (κ3) is 3.88. The van der Waals surface area contributed by atoms with Gasteiger partial charge >= 0.3 is 6.18 Å². The van der Waals surface area contributed by atoms with Crippen molar-refractivity contribution >= 4 is 5.69 Å². The summed E-state index contributed by atoms with van der Waals surface area (Å²) in [5, 5.41) is 11.9. The molecule has 0 aliphatic carbocycles. The van der Waals surface area contributed by atoms with Crippen LogP contribution in [0.15, 0.2) is 18.2 Å². The Hall–Kier alpha value is -1.74. The second-order valence-corrected chi connectivity index (χ2v) is 5.22. The molecule has 114 valence electrons. The maximum absolute atomic E-state index is 12.9. The first-order valence-corrected chi connectivity index (χ1v) is 7.04. The van der Waals surface area contributed by atoms with Crippen LogP contribution in [0.1, 0.15) is 30.9 Å². The first kappa shape index (κ1) is 15.6. The van der Waals surface area contributed by atoms with E-state index in [9.17, 15) is 13.2 Å². The van der Waals surface area contributed by atoms with E-state index in [0.717, 1.165) is 38.5 Å². The highest BCUT2D eigenvalue weighted by molar-refractivity contribution is 5.53. The summed E-state index contributed by atoms with van der Waals surface area (Å²) in [6.45, 7) is 5.01. The summed E-state index contributed by atoms with van der Waals surface area (Å²) < 4.78 is 38.7. The van der Waals surface area contributed by atoms with Gasteiger partial charge in [0.1, 0.15) is 0 Å². The Morgan fingerprint density at radius 2 is 2.00 bits per heavy atom. The number of alkyl halides is 3. The lowest BCUT2D eigenvalue weighted by molar-refractivity contribution is -0.137. The van der Waals surface area contributed by atoms with Crippen LogP contribution in [0.2, 0.25) is 0 Å². The molecule has 0 radical (unpaired) electrons. The van der Waals surface area contributed by atoms with Crippen molar-refractivity contribution in [2.75, 3.05) is 25.0 Å². The van der Waals surface area contributed by atoms with Crippen LogP contribution < -0.4 is 5.32 Å². The van der Waals surface area contributed by atoms with Gasteiger partial charge in [-0.25, -0.2) is 0 Å². The lowest BCUT2D eigenvalue weighted by atomic mass is 10.0. The molecule has 2 rings (SSSR count). The van der Waals surface area contributed by atoms with Crippen LogP contribution in [0.25, 0.3) is 0 Å². The average molecular weight is 297 g/mol. The van der Waals surface area contributed by atoms with Crippen molar-refractivity contribution in [3.05, 3.63) is 29.3 Å². The first-order chi connectivity index (χ1) is 9.94. The van der Waals surface area contributed by atoms with E-state index in [1.165, 1.54) is 6.07 Å². The maximum atomic E-state index is 12.9. The zero-order chi connectivity index (χ0) is 15.5. The largest absolute Gasteiger partial charge is 0.417 e. The molecule has 0 bridgehead atoms. The third-order valence-corrected chi connectivity index (χ3v) is 3.85. The summed E-state index contributed by atoms with van der Waals surface area (Å²) in [4.78, 5) is 2.32. The van der Waals surface area contributed by atoms with Crippen molar-refractivity contribution in [2.45, 2.75) is 32.0 Å². The molecule has 1 aliphatic rings. The molecule has 1 fully saturated rings. The fourth-order valence-electron chi connectivity index (χ4n) is 2.60. The average Bonchev–Trinajstić information content (AvgIpc) is 2.47. The molecule has 0 unspecified atom stereocenters. The highest BCUT2D eigenvalue weighted by Crippen LogP contribution is 2.34. The summed E-state index contributed by atoms with van der Waals surface area (Å²) in [6.07, 6.45) is -2.68. The van der Waals surface area contributed by atoms with Gasteiger partial charge in [0.2, 0.25) is 0 Å². The molecule has 3 nitrogen and oxygen atoms in total. The molecule has 1 aromatic rings. The molecule has 1 saturated heterocycles. The van der Waals surface area contributed by atoms with E-state index in [1.807, 2.05) is 0 Å². The normalized spacial score (nSPS) is 17.5. The van der Waals surface area contributed by atoms with Crippen LogP contribution in [0.4, 0.5) is 18.9 Å². The third-order valence-electron chi connectivity index (χ3n) is 3.85. The first-order valence-electron chi connectivity index (χ1n) is 7.04. The molecule has 0 spiro atoms. The van der Waals surface area contributed by atoms with E-state index in [2.05, 4.69) is 17.1 Å². The predicted octanol–water partition coefficient (Wildman–Crippen LogP) is 3.47. The van der Waals surface area contributed by atoms with Crippen LogP contribution in [-0.4, -0.2) is 30.6 Å². The number of hydrogen-bond donors (Lipinski definition) is 1. The van der Waals surface area contributed by atoms with Crippen LogP contribution in [-0.2, 0) is 6.18 Å². The lowest BCUT2D eigenvalue weighted by Gasteiger charge is -2.32. The Balaban J connectivity index is 2.10. The van der Waals surface area contributed by atoms with Crippen molar-refractivity contribution in [2.24, 2.45) is 0 Å².